The Bertz CT molecular complexity index is 3710. The van der Waals surface area contributed by atoms with Crippen LogP contribution in [0.5, 0.6) is 0 Å². The monoisotopic (exact) mass is 898 g/mol. The van der Waals surface area contributed by atoms with Gasteiger partial charge in [-0.3, -0.25) is 0 Å². The highest BCUT2D eigenvalue weighted by atomic mass is 16.3. The molecule has 0 saturated heterocycles. The molecule has 0 N–H and O–H groups in total. The normalized spacial score (nSPS) is 14.7. The number of hydrogen-bond acceptors (Lipinski definition) is 4. The van der Waals surface area contributed by atoms with Gasteiger partial charge in [0.15, 0.2) is 11.2 Å². The Hall–Kier alpha value is -7.56. The van der Waals surface area contributed by atoms with Gasteiger partial charge >= 0.3 is 0 Å². The first-order valence-corrected chi connectivity index (χ1v) is 25.2. The molecule has 0 atom stereocenters. The van der Waals surface area contributed by atoms with Crippen LogP contribution < -0.4 is 9.80 Å². The van der Waals surface area contributed by atoms with Crippen molar-refractivity contribution in [2.75, 3.05) is 9.80 Å². The van der Waals surface area contributed by atoms with Crippen molar-refractivity contribution in [2.45, 2.75) is 83.5 Å². The van der Waals surface area contributed by atoms with E-state index in [9.17, 15) is 0 Å². The number of hydrogen-bond donors (Lipinski definition) is 0. The number of fused-ring (bicyclic) bond motifs is 6. The summed E-state index contributed by atoms with van der Waals surface area (Å²) in [6.45, 7) is 10.8. The molecule has 4 heteroatoms. The highest BCUT2D eigenvalue weighted by Gasteiger charge is 2.26. The van der Waals surface area contributed by atoms with Gasteiger partial charge in [0, 0.05) is 43.7 Å². The topological polar surface area (TPSA) is 32.8 Å². The summed E-state index contributed by atoms with van der Waals surface area (Å²) in [5, 5.41) is 11.5. The smallest absolute Gasteiger partial charge is 0.159 e. The summed E-state index contributed by atoms with van der Waals surface area (Å²) >= 11 is 0. The van der Waals surface area contributed by atoms with Crippen LogP contribution in [0.1, 0.15) is 89.0 Å². The molecule has 13 rings (SSSR count). The van der Waals surface area contributed by atoms with Crippen molar-refractivity contribution in [2.24, 2.45) is 0 Å². The molecular formula is C65H58N2O2. The van der Waals surface area contributed by atoms with Crippen LogP contribution in [0.4, 0.5) is 28.4 Å². The fourth-order valence-electron chi connectivity index (χ4n) is 11.5. The van der Waals surface area contributed by atoms with E-state index in [1.165, 1.54) is 103 Å². The van der Waals surface area contributed by atoms with Crippen LogP contribution in [0.3, 0.4) is 0 Å². The molecule has 2 aromatic heterocycles. The van der Waals surface area contributed by atoms with Crippen molar-refractivity contribution in [3.8, 4) is 0 Å². The Morgan fingerprint density at radius 2 is 0.942 bits per heavy atom. The SMILES string of the molecule is C1CCCCC1.C=C(C)/C=C\C(=C)N(c1ccc2ccc3c(N(c4ccc(C5CCCCC5)cc4)c4cccc5c4oc4ccccc45)ccc4ccc1c2c43)c1cccc2c1oc1ccccc12. The van der Waals surface area contributed by atoms with Crippen LogP contribution in [0.25, 0.3) is 76.2 Å². The zero-order valence-corrected chi connectivity index (χ0v) is 39.6. The molecule has 11 aromatic rings. The molecule has 2 saturated carbocycles. The third kappa shape index (κ3) is 7.73. The number of anilines is 5. The second kappa shape index (κ2) is 18.2. The zero-order valence-electron chi connectivity index (χ0n) is 39.6. The fraction of sp³-hybridized carbons (Fsp3) is 0.200. The third-order valence-electron chi connectivity index (χ3n) is 14.9. The van der Waals surface area contributed by atoms with E-state index in [2.05, 4.69) is 169 Å². The number of allylic oxidation sites excluding steroid dienone is 3. The van der Waals surface area contributed by atoms with Crippen LogP contribution in [0.2, 0.25) is 0 Å². The van der Waals surface area contributed by atoms with E-state index in [-0.39, 0.29) is 0 Å². The Labute approximate surface area is 404 Å². The molecule has 2 aliphatic carbocycles. The predicted molar refractivity (Wildman–Crippen MR) is 295 cm³/mol. The largest absolute Gasteiger partial charge is 0.454 e. The Kier molecular flexibility index (Phi) is 11.3. The molecule has 0 unspecified atom stereocenters. The lowest BCUT2D eigenvalue weighted by atomic mass is 9.84. The van der Waals surface area contributed by atoms with Crippen LogP contribution >= 0.6 is 0 Å². The van der Waals surface area contributed by atoms with Gasteiger partial charge in [-0.05, 0) is 107 Å². The van der Waals surface area contributed by atoms with Crippen LogP contribution in [-0.2, 0) is 0 Å². The molecule has 69 heavy (non-hydrogen) atoms. The lowest BCUT2D eigenvalue weighted by molar-refractivity contribution is 0.443. The summed E-state index contributed by atoms with van der Waals surface area (Å²) in [5.74, 6) is 0.620. The summed E-state index contributed by atoms with van der Waals surface area (Å²) in [5.41, 5.74) is 11.8. The molecule has 0 amide bonds. The van der Waals surface area contributed by atoms with Gasteiger partial charge in [-0.15, -0.1) is 0 Å². The molecule has 2 fully saturated rings. The third-order valence-corrected chi connectivity index (χ3v) is 14.9. The van der Waals surface area contributed by atoms with Gasteiger partial charge in [0.1, 0.15) is 11.2 Å². The van der Waals surface area contributed by atoms with Crippen molar-refractivity contribution < 1.29 is 8.83 Å². The van der Waals surface area contributed by atoms with Crippen molar-refractivity contribution >= 4 is 105 Å². The lowest BCUT2D eigenvalue weighted by Crippen LogP contribution is -2.15. The van der Waals surface area contributed by atoms with Crippen LogP contribution in [-0.4, -0.2) is 0 Å². The predicted octanol–water partition coefficient (Wildman–Crippen LogP) is 20.0. The van der Waals surface area contributed by atoms with Crippen molar-refractivity contribution in [1.29, 1.82) is 0 Å². The Morgan fingerprint density at radius 1 is 0.449 bits per heavy atom. The fourth-order valence-corrected chi connectivity index (χ4v) is 11.5. The average Bonchev–Trinajstić information content (AvgIpc) is 3.99. The summed E-state index contributed by atoms with van der Waals surface area (Å²) in [6, 6.07) is 57.1. The second-order valence-corrected chi connectivity index (χ2v) is 19.5. The first-order chi connectivity index (χ1) is 34.0. The van der Waals surface area contributed by atoms with Gasteiger partial charge in [0.05, 0.1) is 22.7 Å². The molecule has 4 nitrogen and oxygen atoms in total. The molecule has 2 heterocycles. The average molecular weight is 899 g/mol. The maximum Gasteiger partial charge on any atom is 0.159 e. The number of furan rings is 2. The standard InChI is InChI=1S/C59H46N2O2.C6H12/c1-37(2)23-24-38(3)60(52-19-11-17-46-44-15-7-9-21-54(44)62-58(46)52)50-35-29-41-28-34-49-51(36-30-42-27-33-48(50)56(41)57(42)49)61(43-31-25-40(26-32-43)39-13-5-4-6-14-39)53-20-12-18-47-45-16-8-10-22-55(45)63-59(47)53;1-2-4-6-5-3-1/h7-12,15-36,39H,1,3-6,13-14H2,2H3;1-6H2/b24-23-;. The van der Waals surface area contributed by atoms with Gasteiger partial charge in [-0.2, -0.15) is 0 Å². The number of rotatable bonds is 9. The summed E-state index contributed by atoms with van der Waals surface area (Å²) in [7, 11) is 0. The van der Waals surface area contributed by atoms with E-state index < -0.39 is 0 Å². The van der Waals surface area contributed by atoms with E-state index >= 15 is 0 Å². The van der Waals surface area contributed by atoms with E-state index in [4.69, 9.17) is 8.83 Å². The maximum absolute atomic E-state index is 6.77. The number of benzene rings is 9. The number of para-hydroxylation sites is 4. The van der Waals surface area contributed by atoms with Gasteiger partial charge in [-0.1, -0.05) is 192 Å². The second-order valence-electron chi connectivity index (χ2n) is 19.5. The highest BCUT2D eigenvalue weighted by Crippen LogP contribution is 2.50. The van der Waals surface area contributed by atoms with Crippen LogP contribution in [0.15, 0.2) is 203 Å². The van der Waals surface area contributed by atoms with Crippen molar-refractivity contribution in [3.63, 3.8) is 0 Å². The summed E-state index contributed by atoms with van der Waals surface area (Å²) < 4.78 is 13.4. The van der Waals surface area contributed by atoms with Gasteiger partial charge in [0.25, 0.3) is 0 Å². The molecular weight excluding hydrogens is 841 g/mol. The molecule has 9 aromatic carbocycles. The minimum absolute atomic E-state index is 0.620. The summed E-state index contributed by atoms with van der Waals surface area (Å²) in [4.78, 5) is 4.67. The Morgan fingerprint density at radius 3 is 1.54 bits per heavy atom. The zero-order chi connectivity index (χ0) is 46.4. The minimum Gasteiger partial charge on any atom is -0.454 e. The first-order valence-electron chi connectivity index (χ1n) is 25.2. The molecule has 0 radical (unpaired) electrons. The van der Waals surface area contributed by atoms with E-state index in [0.29, 0.717) is 5.92 Å². The van der Waals surface area contributed by atoms with Gasteiger partial charge in [0.2, 0.25) is 0 Å². The number of nitrogens with zero attached hydrogens (tertiary/aromatic N) is 2. The van der Waals surface area contributed by atoms with Gasteiger partial charge in [-0.25, -0.2) is 0 Å². The van der Waals surface area contributed by atoms with Crippen molar-refractivity contribution in [3.05, 3.63) is 200 Å². The highest BCUT2D eigenvalue weighted by molar-refractivity contribution is 6.28. The Balaban J connectivity index is 0.000000765. The lowest BCUT2D eigenvalue weighted by Gasteiger charge is -2.30. The molecule has 0 aliphatic heterocycles. The summed E-state index contributed by atoms with van der Waals surface area (Å²) in [6.07, 6.45) is 19.6. The minimum atomic E-state index is 0.620. The molecule has 2 aliphatic rings. The van der Waals surface area contributed by atoms with E-state index in [1.54, 1.807) is 0 Å². The molecule has 0 spiro atoms. The van der Waals surface area contributed by atoms with Crippen LogP contribution in [0, 0.1) is 0 Å². The maximum atomic E-state index is 6.77. The quantitative estimate of drug-likeness (QED) is 0.107. The van der Waals surface area contributed by atoms with Crippen molar-refractivity contribution in [1.82, 2.24) is 0 Å². The van der Waals surface area contributed by atoms with Gasteiger partial charge < -0.3 is 18.6 Å². The first kappa shape index (κ1) is 42.8. The molecule has 0 bridgehead atoms. The van der Waals surface area contributed by atoms with E-state index in [1.807, 2.05) is 31.2 Å². The molecule has 340 valence electrons. The van der Waals surface area contributed by atoms with E-state index in [0.717, 1.165) is 89.0 Å².